The van der Waals surface area contributed by atoms with Gasteiger partial charge in [0.15, 0.2) is 0 Å². The number of hydrogen-bond acceptors (Lipinski definition) is 3. The number of thiazole rings is 1. The van der Waals surface area contributed by atoms with Gasteiger partial charge in [0.05, 0.1) is 10.7 Å². The van der Waals surface area contributed by atoms with E-state index in [1.165, 1.54) is 28.4 Å². The van der Waals surface area contributed by atoms with Crippen LogP contribution in [0.4, 0.5) is 0 Å². The molecule has 1 aromatic rings. The van der Waals surface area contributed by atoms with Crippen LogP contribution in [0.1, 0.15) is 81.8 Å². The van der Waals surface area contributed by atoms with Crippen molar-refractivity contribution in [3.05, 3.63) is 15.6 Å². The maximum Gasteiger partial charge on any atom is 0.0962 e. The summed E-state index contributed by atoms with van der Waals surface area (Å²) in [5, 5.41) is 4.85. The number of aromatic nitrogens is 1. The zero-order valence-corrected chi connectivity index (χ0v) is 13.5. The van der Waals surface area contributed by atoms with E-state index in [2.05, 4.69) is 46.9 Å². The molecule has 0 spiro atoms. The Morgan fingerprint density at radius 1 is 1.11 bits per heavy atom. The third-order valence-electron chi connectivity index (χ3n) is 3.30. The summed E-state index contributed by atoms with van der Waals surface area (Å²) in [6, 6.07) is 0.531. The van der Waals surface area contributed by atoms with Crippen LogP contribution in [0.2, 0.25) is 0 Å². The average molecular weight is 268 g/mol. The molecule has 0 bridgehead atoms. The molecule has 0 aliphatic rings. The van der Waals surface area contributed by atoms with E-state index in [0.29, 0.717) is 17.9 Å². The Morgan fingerprint density at radius 2 is 1.72 bits per heavy atom. The first-order valence-electron chi connectivity index (χ1n) is 7.22. The molecule has 0 amide bonds. The molecule has 1 rings (SSSR count). The lowest BCUT2D eigenvalue weighted by Gasteiger charge is -2.09. The molecule has 3 heteroatoms. The van der Waals surface area contributed by atoms with Crippen molar-refractivity contribution in [1.82, 2.24) is 10.3 Å². The van der Waals surface area contributed by atoms with Gasteiger partial charge in [-0.15, -0.1) is 11.3 Å². The average Bonchev–Trinajstić information content (AvgIpc) is 2.72. The highest BCUT2D eigenvalue weighted by molar-refractivity contribution is 7.11. The van der Waals surface area contributed by atoms with Gasteiger partial charge < -0.3 is 5.32 Å². The lowest BCUT2D eigenvalue weighted by molar-refractivity contribution is 0.587. The first-order valence-corrected chi connectivity index (χ1v) is 8.04. The Morgan fingerprint density at radius 3 is 2.17 bits per heavy atom. The second-order valence-corrected chi connectivity index (χ2v) is 6.68. The topological polar surface area (TPSA) is 24.9 Å². The van der Waals surface area contributed by atoms with Crippen molar-refractivity contribution in [1.29, 1.82) is 0 Å². The van der Waals surface area contributed by atoms with Gasteiger partial charge in [0.1, 0.15) is 0 Å². The minimum Gasteiger partial charge on any atom is -0.310 e. The van der Waals surface area contributed by atoms with Gasteiger partial charge in [-0.2, -0.15) is 0 Å². The molecule has 1 N–H and O–H groups in total. The summed E-state index contributed by atoms with van der Waals surface area (Å²) in [6.45, 7) is 14.3. The van der Waals surface area contributed by atoms with E-state index in [1.807, 2.05) is 11.3 Å². The molecule has 0 radical (unpaired) electrons. The van der Waals surface area contributed by atoms with Gasteiger partial charge >= 0.3 is 0 Å². The smallest absolute Gasteiger partial charge is 0.0962 e. The summed E-state index contributed by atoms with van der Waals surface area (Å²) in [7, 11) is 0. The molecule has 0 saturated carbocycles. The third-order valence-corrected chi connectivity index (χ3v) is 4.53. The number of hydrogen-bond donors (Lipinski definition) is 1. The Hall–Kier alpha value is -0.410. The summed E-state index contributed by atoms with van der Waals surface area (Å²) in [5.41, 5.74) is 1.30. The maximum absolute atomic E-state index is 4.91. The first-order chi connectivity index (χ1) is 8.49. The van der Waals surface area contributed by atoms with E-state index in [1.54, 1.807) is 0 Å². The van der Waals surface area contributed by atoms with Crippen molar-refractivity contribution in [2.75, 3.05) is 0 Å². The summed E-state index contributed by atoms with van der Waals surface area (Å²) >= 11 is 1.91. The highest BCUT2D eigenvalue weighted by atomic mass is 32.1. The van der Waals surface area contributed by atoms with Crippen molar-refractivity contribution in [2.45, 2.75) is 78.8 Å². The van der Waals surface area contributed by atoms with Crippen LogP contribution in [0.3, 0.4) is 0 Å². The number of rotatable bonds is 7. The van der Waals surface area contributed by atoms with Crippen molar-refractivity contribution in [3.8, 4) is 0 Å². The van der Waals surface area contributed by atoms with Gasteiger partial charge in [0.25, 0.3) is 0 Å². The van der Waals surface area contributed by atoms with Gasteiger partial charge in [0, 0.05) is 23.4 Å². The first kappa shape index (κ1) is 15.6. The second kappa shape index (κ2) is 7.25. The molecule has 2 nitrogen and oxygen atoms in total. The van der Waals surface area contributed by atoms with Gasteiger partial charge in [0.2, 0.25) is 0 Å². The normalized spacial score (nSPS) is 12.1. The Bertz CT molecular complexity index is 351. The minimum atomic E-state index is 0.522. The summed E-state index contributed by atoms with van der Waals surface area (Å²) in [5.74, 6) is 1.16. The standard InChI is InChI=1S/C15H28N2S/c1-7-12(8-2)15-17-14(10(3)4)13(18-15)9-16-11(5)6/h10-12,16H,7-9H2,1-6H3. The second-order valence-electron chi connectivity index (χ2n) is 5.56. The van der Waals surface area contributed by atoms with Crippen molar-refractivity contribution >= 4 is 11.3 Å². The predicted octanol–water partition coefficient (Wildman–Crippen LogP) is 4.67. The molecule has 0 aromatic carbocycles. The van der Waals surface area contributed by atoms with Crippen molar-refractivity contribution in [3.63, 3.8) is 0 Å². The van der Waals surface area contributed by atoms with Crippen LogP contribution in [0.25, 0.3) is 0 Å². The Kier molecular flexibility index (Phi) is 6.30. The van der Waals surface area contributed by atoms with Gasteiger partial charge in [-0.25, -0.2) is 4.98 Å². The summed E-state index contributed by atoms with van der Waals surface area (Å²) < 4.78 is 0. The molecule has 0 saturated heterocycles. The predicted molar refractivity (Wildman–Crippen MR) is 81.5 cm³/mol. The summed E-state index contributed by atoms with van der Waals surface area (Å²) in [6.07, 6.45) is 2.39. The molecule has 0 aliphatic heterocycles. The molecule has 18 heavy (non-hydrogen) atoms. The fraction of sp³-hybridized carbons (Fsp3) is 0.800. The molecule has 104 valence electrons. The van der Waals surface area contributed by atoms with Crippen molar-refractivity contribution in [2.24, 2.45) is 0 Å². The quantitative estimate of drug-likeness (QED) is 0.777. The van der Waals surface area contributed by atoms with Crippen LogP contribution in [0.15, 0.2) is 0 Å². The number of nitrogens with one attached hydrogen (secondary N) is 1. The molecule has 0 fully saturated rings. The van der Waals surface area contributed by atoms with E-state index in [-0.39, 0.29) is 0 Å². The Labute approximate surface area is 116 Å². The van der Waals surface area contributed by atoms with E-state index in [0.717, 1.165) is 6.54 Å². The van der Waals surface area contributed by atoms with Crippen LogP contribution in [0.5, 0.6) is 0 Å². The van der Waals surface area contributed by atoms with Crippen LogP contribution in [-0.4, -0.2) is 11.0 Å². The zero-order chi connectivity index (χ0) is 13.7. The molecule has 1 heterocycles. The molecule has 0 atom stereocenters. The molecular weight excluding hydrogens is 240 g/mol. The van der Waals surface area contributed by atoms with E-state index >= 15 is 0 Å². The van der Waals surface area contributed by atoms with Crippen LogP contribution in [-0.2, 0) is 6.54 Å². The molecule has 0 aliphatic carbocycles. The monoisotopic (exact) mass is 268 g/mol. The maximum atomic E-state index is 4.91. The minimum absolute atomic E-state index is 0.522. The van der Waals surface area contributed by atoms with Gasteiger partial charge in [-0.1, -0.05) is 41.5 Å². The lowest BCUT2D eigenvalue weighted by atomic mass is 10.0. The Balaban J connectivity index is 2.93. The zero-order valence-electron chi connectivity index (χ0n) is 12.7. The lowest BCUT2D eigenvalue weighted by Crippen LogP contribution is -2.22. The fourth-order valence-corrected chi connectivity index (χ4v) is 3.51. The van der Waals surface area contributed by atoms with E-state index < -0.39 is 0 Å². The van der Waals surface area contributed by atoms with Crippen LogP contribution >= 0.6 is 11.3 Å². The van der Waals surface area contributed by atoms with E-state index in [9.17, 15) is 0 Å². The molecule has 1 aromatic heterocycles. The fourth-order valence-electron chi connectivity index (χ4n) is 2.07. The largest absolute Gasteiger partial charge is 0.310 e. The molecular formula is C15H28N2S. The highest BCUT2D eigenvalue weighted by Crippen LogP contribution is 2.32. The van der Waals surface area contributed by atoms with Crippen LogP contribution < -0.4 is 5.32 Å². The van der Waals surface area contributed by atoms with Gasteiger partial charge in [-0.05, 0) is 18.8 Å². The van der Waals surface area contributed by atoms with E-state index in [4.69, 9.17) is 4.98 Å². The third kappa shape index (κ3) is 4.06. The summed E-state index contributed by atoms with van der Waals surface area (Å²) in [4.78, 5) is 6.34. The highest BCUT2D eigenvalue weighted by Gasteiger charge is 2.18. The number of nitrogens with zero attached hydrogens (tertiary/aromatic N) is 1. The van der Waals surface area contributed by atoms with Crippen LogP contribution in [0, 0.1) is 0 Å². The SMILES string of the molecule is CCC(CC)c1nc(C(C)C)c(CNC(C)C)s1. The molecule has 0 unspecified atom stereocenters. The van der Waals surface area contributed by atoms with Crippen molar-refractivity contribution < 1.29 is 0 Å². The van der Waals surface area contributed by atoms with Gasteiger partial charge in [-0.3, -0.25) is 0 Å².